The maximum absolute atomic E-state index is 5.38. The van der Waals surface area contributed by atoms with E-state index in [0.717, 1.165) is 25.1 Å². The number of hydrogen-bond donors (Lipinski definition) is 0. The maximum atomic E-state index is 5.38. The van der Waals surface area contributed by atoms with Gasteiger partial charge in [-0.3, -0.25) is 4.90 Å². The molecule has 0 bridgehead atoms. The van der Waals surface area contributed by atoms with E-state index in [0.29, 0.717) is 31.5 Å². The Kier molecular flexibility index (Phi) is 7.19. The number of rotatable bonds is 10. The monoisotopic (exact) mass is 319 g/mol. The molecule has 6 heteroatoms. The lowest BCUT2D eigenvalue weighted by molar-refractivity contribution is 0.103. The zero-order chi connectivity index (χ0) is 16.5. The number of ether oxygens (including phenoxy) is 2. The zero-order valence-electron chi connectivity index (χ0n) is 14.1. The van der Waals surface area contributed by atoms with E-state index < -0.39 is 0 Å². The van der Waals surface area contributed by atoms with E-state index >= 15 is 0 Å². The minimum Gasteiger partial charge on any atom is -0.383 e. The number of benzene rings is 1. The molecule has 1 aromatic heterocycles. The van der Waals surface area contributed by atoms with Gasteiger partial charge in [-0.05, 0) is 12.0 Å². The van der Waals surface area contributed by atoms with Crippen molar-refractivity contribution < 1.29 is 14.0 Å². The van der Waals surface area contributed by atoms with Crippen LogP contribution in [0.5, 0.6) is 0 Å². The van der Waals surface area contributed by atoms with Crippen LogP contribution in [0, 0.1) is 0 Å². The van der Waals surface area contributed by atoms with E-state index in [9.17, 15) is 0 Å². The van der Waals surface area contributed by atoms with Crippen molar-refractivity contribution in [2.24, 2.45) is 0 Å². The highest BCUT2D eigenvalue weighted by Gasteiger charge is 2.13. The van der Waals surface area contributed by atoms with Crippen LogP contribution in [-0.2, 0) is 22.4 Å². The minimum atomic E-state index is 0.590. The van der Waals surface area contributed by atoms with Gasteiger partial charge in [-0.25, -0.2) is 0 Å². The summed E-state index contributed by atoms with van der Waals surface area (Å²) in [6, 6.07) is 8.24. The molecule has 0 saturated carbocycles. The first kappa shape index (κ1) is 17.6. The van der Waals surface area contributed by atoms with Crippen LogP contribution in [0.3, 0.4) is 0 Å². The van der Waals surface area contributed by atoms with Gasteiger partial charge in [0.25, 0.3) is 0 Å². The van der Waals surface area contributed by atoms with Crippen LogP contribution in [0.15, 0.2) is 28.8 Å². The van der Waals surface area contributed by atoms with Gasteiger partial charge < -0.3 is 14.0 Å². The Bertz CT molecular complexity index is 561. The molecule has 0 radical (unpaired) electrons. The van der Waals surface area contributed by atoms with Gasteiger partial charge in [-0.2, -0.15) is 4.98 Å². The van der Waals surface area contributed by atoms with Crippen molar-refractivity contribution >= 4 is 0 Å². The van der Waals surface area contributed by atoms with E-state index in [-0.39, 0.29) is 0 Å². The Morgan fingerprint density at radius 1 is 1.04 bits per heavy atom. The van der Waals surface area contributed by atoms with Gasteiger partial charge in [0.1, 0.15) is 0 Å². The topological polar surface area (TPSA) is 60.6 Å². The highest BCUT2D eigenvalue weighted by atomic mass is 16.5. The molecule has 0 aliphatic heterocycles. The van der Waals surface area contributed by atoms with Crippen LogP contribution >= 0.6 is 0 Å². The smallest absolute Gasteiger partial charge is 0.241 e. The summed E-state index contributed by atoms with van der Waals surface area (Å²) in [4.78, 5) is 6.66. The summed E-state index contributed by atoms with van der Waals surface area (Å²) in [6.45, 7) is 5.63. The van der Waals surface area contributed by atoms with Crippen LogP contribution in [-0.4, -0.2) is 55.6 Å². The fourth-order valence-electron chi connectivity index (χ4n) is 2.23. The van der Waals surface area contributed by atoms with Crippen LogP contribution in [0.4, 0.5) is 0 Å². The zero-order valence-corrected chi connectivity index (χ0v) is 14.1. The summed E-state index contributed by atoms with van der Waals surface area (Å²) >= 11 is 0. The number of nitrogens with zero attached hydrogens (tertiary/aromatic N) is 3. The molecule has 2 aromatic rings. The summed E-state index contributed by atoms with van der Waals surface area (Å²) in [5, 5.41) is 4.08. The molecule has 0 N–H and O–H groups in total. The summed E-state index contributed by atoms with van der Waals surface area (Å²) in [5.41, 5.74) is 2.26. The Labute approximate surface area is 137 Å². The standard InChI is InChI=1S/C17H25N3O3/c1-4-14-5-7-15(8-6-14)17-18-16(23-19-17)13-20(9-11-21-2)10-12-22-3/h5-8H,4,9-13H2,1-3H3. The first-order valence-corrected chi connectivity index (χ1v) is 7.89. The minimum absolute atomic E-state index is 0.590. The predicted molar refractivity (Wildman–Crippen MR) is 88.1 cm³/mol. The molecule has 6 nitrogen and oxygen atoms in total. The third-order valence-electron chi connectivity index (χ3n) is 3.67. The van der Waals surface area contributed by atoms with Crippen molar-refractivity contribution in [2.45, 2.75) is 19.9 Å². The molecule has 0 aliphatic carbocycles. The van der Waals surface area contributed by atoms with Crippen molar-refractivity contribution in [2.75, 3.05) is 40.5 Å². The Hall–Kier alpha value is -1.76. The molecule has 0 fully saturated rings. The summed E-state index contributed by atoms with van der Waals surface area (Å²) < 4.78 is 15.7. The molecule has 0 amide bonds. The maximum Gasteiger partial charge on any atom is 0.241 e. The van der Waals surface area contributed by atoms with Gasteiger partial charge in [0.2, 0.25) is 11.7 Å². The second-order valence-electron chi connectivity index (χ2n) is 5.32. The lowest BCUT2D eigenvalue weighted by Gasteiger charge is -2.19. The van der Waals surface area contributed by atoms with Gasteiger partial charge in [0.15, 0.2) is 0 Å². The Balaban J connectivity index is 2.01. The summed E-state index contributed by atoms with van der Waals surface area (Å²) in [7, 11) is 3.39. The van der Waals surface area contributed by atoms with Crippen LogP contribution in [0.25, 0.3) is 11.4 Å². The molecule has 0 aliphatic rings. The molecule has 0 atom stereocenters. The lowest BCUT2D eigenvalue weighted by Crippen LogP contribution is -2.30. The van der Waals surface area contributed by atoms with E-state index in [2.05, 4.69) is 34.1 Å². The van der Waals surface area contributed by atoms with Gasteiger partial charge in [-0.1, -0.05) is 36.3 Å². The highest BCUT2D eigenvalue weighted by molar-refractivity contribution is 5.54. The second-order valence-corrected chi connectivity index (χ2v) is 5.32. The highest BCUT2D eigenvalue weighted by Crippen LogP contribution is 2.17. The summed E-state index contributed by atoms with van der Waals surface area (Å²) in [6.07, 6.45) is 1.02. The van der Waals surface area contributed by atoms with Gasteiger partial charge in [0.05, 0.1) is 19.8 Å². The fraction of sp³-hybridized carbons (Fsp3) is 0.529. The fourth-order valence-corrected chi connectivity index (χ4v) is 2.23. The summed E-state index contributed by atoms with van der Waals surface area (Å²) in [5.74, 6) is 1.23. The van der Waals surface area contributed by atoms with Crippen LogP contribution in [0.2, 0.25) is 0 Å². The van der Waals surface area contributed by atoms with E-state index in [1.165, 1.54) is 5.56 Å². The molecular weight excluding hydrogens is 294 g/mol. The number of methoxy groups -OCH3 is 2. The van der Waals surface area contributed by atoms with Crippen LogP contribution < -0.4 is 0 Å². The Morgan fingerprint density at radius 3 is 2.26 bits per heavy atom. The number of aromatic nitrogens is 2. The van der Waals surface area contributed by atoms with Crippen molar-refractivity contribution in [1.82, 2.24) is 15.0 Å². The van der Waals surface area contributed by atoms with Crippen molar-refractivity contribution in [3.8, 4) is 11.4 Å². The average molecular weight is 319 g/mol. The van der Waals surface area contributed by atoms with Gasteiger partial charge >= 0.3 is 0 Å². The molecule has 23 heavy (non-hydrogen) atoms. The quantitative estimate of drug-likeness (QED) is 0.670. The van der Waals surface area contributed by atoms with Gasteiger partial charge in [-0.15, -0.1) is 0 Å². The van der Waals surface area contributed by atoms with Crippen molar-refractivity contribution in [1.29, 1.82) is 0 Å². The molecule has 2 rings (SSSR count). The number of aryl methyl sites for hydroxylation is 1. The Morgan fingerprint density at radius 2 is 1.70 bits per heavy atom. The predicted octanol–water partition coefficient (Wildman–Crippen LogP) is 2.39. The third kappa shape index (κ3) is 5.42. The first-order valence-electron chi connectivity index (χ1n) is 7.89. The molecule has 0 saturated heterocycles. The van der Waals surface area contributed by atoms with Crippen LogP contribution in [0.1, 0.15) is 18.4 Å². The first-order chi connectivity index (χ1) is 11.3. The second kappa shape index (κ2) is 9.39. The van der Waals surface area contributed by atoms with E-state index in [1.807, 2.05) is 12.1 Å². The normalized spacial score (nSPS) is 11.3. The molecule has 1 aromatic carbocycles. The largest absolute Gasteiger partial charge is 0.383 e. The SMILES string of the molecule is CCc1ccc(-c2noc(CN(CCOC)CCOC)n2)cc1. The molecule has 126 valence electrons. The van der Waals surface area contributed by atoms with Gasteiger partial charge in [0, 0.05) is 32.9 Å². The van der Waals surface area contributed by atoms with Crippen molar-refractivity contribution in [3.05, 3.63) is 35.7 Å². The number of hydrogen-bond acceptors (Lipinski definition) is 6. The molecule has 1 heterocycles. The molecular formula is C17H25N3O3. The van der Waals surface area contributed by atoms with Crippen molar-refractivity contribution in [3.63, 3.8) is 0 Å². The molecule has 0 spiro atoms. The average Bonchev–Trinajstić information content (AvgIpc) is 3.06. The molecule has 0 unspecified atom stereocenters. The lowest BCUT2D eigenvalue weighted by atomic mass is 10.1. The third-order valence-corrected chi connectivity index (χ3v) is 3.67. The van der Waals surface area contributed by atoms with E-state index in [4.69, 9.17) is 14.0 Å². The van der Waals surface area contributed by atoms with E-state index in [1.54, 1.807) is 14.2 Å².